The van der Waals surface area contributed by atoms with Crippen LogP contribution in [-0.4, -0.2) is 17.6 Å². The highest BCUT2D eigenvalue weighted by Crippen LogP contribution is 2.21. The first-order chi connectivity index (χ1) is 7.84. The van der Waals surface area contributed by atoms with Gasteiger partial charge >= 0.3 is 0 Å². The quantitative estimate of drug-likeness (QED) is 0.784. The van der Waals surface area contributed by atoms with Crippen molar-refractivity contribution in [1.82, 2.24) is 4.68 Å². The van der Waals surface area contributed by atoms with Gasteiger partial charge in [-0.25, -0.2) is 0 Å². The van der Waals surface area contributed by atoms with Crippen molar-refractivity contribution in [2.75, 3.05) is 11.7 Å². The summed E-state index contributed by atoms with van der Waals surface area (Å²) < 4.78 is 3.21. The molecule has 2 heterocycles. The van der Waals surface area contributed by atoms with E-state index in [9.17, 15) is 0 Å². The lowest BCUT2D eigenvalue weighted by molar-refractivity contribution is 0.715. The Labute approximate surface area is 102 Å². The number of aromatic nitrogens is 1. The van der Waals surface area contributed by atoms with E-state index in [1.54, 1.807) is 0 Å². The molecule has 1 aromatic heterocycles. The fourth-order valence-electron chi connectivity index (χ4n) is 1.84. The zero-order valence-corrected chi connectivity index (χ0v) is 10.1. The molecule has 3 nitrogen and oxygen atoms in total. The molecule has 16 heavy (non-hydrogen) atoms. The summed E-state index contributed by atoms with van der Waals surface area (Å²) in [6.45, 7) is 0.663. The van der Waals surface area contributed by atoms with Crippen LogP contribution in [0.5, 0.6) is 0 Å². The number of benzene rings is 1. The van der Waals surface area contributed by atoms with Crippen molar-refractivity contribution in [3.05, 3.63) is 47.2 Å². The van der Waals surface area contributed by atoms with Gasteiger partial charge in [0, 0.05) is 28.5 Å². The van der Waals surface area contributed by atoms with E-state index in [1.807, 2.05) is 18.5 Å². The highest BCUT2D eigenvalue weighted by Gasteiger charge is 2.07. The molecule has 0 N–H and O–H groups in total. The molecule has 2 aromatic rings. The van der Waals surface area contributed by atoms with Crippen LogP contribution in [0.25, 0.3) is 10.9 Å². The summed E-state index contributed by atoms with van der Waals surface area (Å²) in [5.74, 6) is 0. The van der Waals surface area contributed by atoms with Crippen LogP contribution in [0.3, 0.4) is 0 Å². The molecular weight excluding hydrogens is 266 g/mol. The highest BCUT2D eigenvalue weighted by molar-refractivity contribution is 9.10. The summed E-state index contributed by atoms with van der Waals surface area (Å²) in [6, 6.07) is 8.37. The maximum absolute atomic E-state index is 4.22. The molecule has 0 aliphatic carbocycles. The third kappa shape index (κ3) is 1.55. The zero-order valence-electron chi connectivity index (χ0n) is 8.55. The molecule has 1 aliphatic rings. The molecule has 0 saturated carbocycles. The molecule has 0 spiro atoms. The lowest BCUT2D eigenvalue weighted by Gasteiger charge is -2.22. The fourth-order valence-corrected chi connectivity index (χ4v) is 2.22. The van der Waals surface area contributed by atoms with Crippen molar-refractivity contribution in [3.63, 3.8) is 0 Å². The van der Waals surface area contributed by atoms with Gasteiger partial charge in [-0.2, -0.15) is 0 Å². The van der Waals surface area contributed by atoms with Crippen LogP contribution < -0.4 is 5.01 Å². The summed E-state index contributed by atoms with van der Waals surface area (Å²) in [5.41, 5.74) is 1.19. The van der Waals surface area contributed by atoms with Gasteiger partial charge in [0.1, 0.15) is 6.67 Å². The van der Waals surface area contributed by atoms with Gasteiger partial charge < -0.3 is 0 Å². The van der Waals surface area contributed by atoms with Crippen LogP contribution in [0, 0.1) is 0 Å². The summed E-state index contributed by atoms with van der Waals surface area (Å²) >= 11 is 3.48. The smallest absolute Gasteiger partial charge is 0.129 e. The van der Waals surface area contributed by atoms with Gasteiger partial charge in [0.05, 0.1) is 5.52 Å². The van der Waals surface area contributed by atoms with E-state index in [2.05, 4.69) is 61.1 Å². The number of rotatable bonds is 1. The first-order valence-electron chi connectivity index (χ1n) is 5.05. The predicted molar refractivity (Wildman–Crippen MR) is 70.4 cm³/mol. The van der Waals surface area contributed by atoms with Crippen LogP contribution in [0.4, 0.5) is 0 Å². The van der Waals surface area contributed by atoms with E-state index in [0.29, 0.717) is 6.67 Å². The van der Waals surface area contributed by atoms with Crippen molar-refractivity contribution in [3.8, 4) is 0 Å². The number of nitrogens with zero attached hydrogens (tertiary/aromatic N) is 3. The molecule has 80 valence electrons. The standard InChI is InChI=1S/C12H10BrN3/c13-11-2-3-12-10(8-11)4-7-16(12)15-6-1-5-14-9-15/h1-8H,9H2. The Morgan fingerprint density at radius 3 is 3.00 bits per heavy atom. The van der Waals surface area contributed by atoms with Crippen LogP contribution in [0.2, 0.25) is 0 Å². The molecule has 3 rings (SSSR count). The normalized spacial score (nSPS) is 14.9. The SMILES string of the molecule is Brc1ccc2c(ccn2N2C=CC=NC2)c1. The van der Waals surface area contributed by atoms with Crippen molar-refractivity contribution in [2.45, 2.75) is 0 Å². The molecule has 0 saturated heterocycles. The van der Waals surface area contributed by atoms with E-state index in [0.717, 1.165) is 4.47 Å². The van der Waals surface area contributed by atoms with Crippen LogP contribution in [0.15, 0.2) is 52.2 Å². The van der Waals surface area contributed by atoms with E-state index < -0.39 is 0 Å². The van der Waals surface area contributed by atoms with Crippen LogP contribution in [0.1, 0.15) is 0 Å². The molecule has 0 bridgehead atoms. The Kier molecular flexibility index (Phi) is 2.29. The molecule has 0 unspecified atom stereocenters. The Bertz CT molecular complexity index is 583. The number of aliphatic imine (C=N–C) groups is 1. The summed E-state index contributed by atoms with van der Waals surface area (Å²) in [5, 5.41) is 3.29. The van der Waals surface area contributed by atoms with Gasteiger partial charge in [0.25, 0.3) is 0 Å². The predicted octanol–water partition coefficient (Wildman–Crippen LogP) is 2.90. The number of fused-ring (bicyclic) bond motifs is 1. The third-order valence-electron chi connectivity index (χ3n) is 2.58. The maximum Gasteiger partial charge on any atom is 0.129 e. The minimum atomic E-state index is 0.663. The van der Waals surface area contributed by atoms with E-state index >= 15 is 0 Å². The minimum Gasteiger partial charge on any atom is -0.270 e. The topological polar surface area (TPSA) is 20.5 Å². The monoisotopic (exact) mass is 275 g/mol. The zero-order chi connectivity index (χ0) is 11.0. The third-order valence-corrected chi connectivity index (χ3v) is 3.08. The molecule has 1 aliphatic heterocycles. The molecule has 1 aromatic carbocycles. The second kappa shape index (κ2) is 3.79. The Hall–Kier alpha value is -1.55. The van der Waals surface area contributed by atoms with Crippen molar-refractivity contribution in [2.24, 2.45) is 4.99 Å². The van der Waals surface area contributed by atoms with Crippen LogP contribution >= 0.6 is 15.9 Å². The second-order valence-corrected chi connectivity index (χ2v) is 4.53. The molecule has 4 heteroatoms. The first kappa shape index (κ1) is 9.66. The van der Waals surface area contributed by atoms with Gasteiger partial charge in [0.15, 0.2) is 0 Å². The van der Waals surface area contributed by atoms with E-state index in [1.165, 1.54) is 10.9 Å². The second-order valence-electron chi connectivity index (χ2n) is 3.62. The number of allylic oxidation sites excluding steroid dienone is 1. The highest BCUT2D eigenvalue weighted by atomic mass is 79.9. The summed E-state index contributed by atoms with van der Waals surface area (Å²) in [4.78, 5) is 4.22. The first-order valence-corrected chi connectivity index (χ1v) is 5.84. The van der Waals surface area contributed by atoms with Gasteiger partial charge in [-0.15, -0.1) is 0 Å². The number of hydrogen-bond acceptors (Lipinski definition) is 2. The summed E-state index contributed by atoms with van der Waals surface area (Å²) in [7, 11) is 0. The Morgan fingerprint density at radius 1 is 1.25 bits per heavy atom. The van der Waals surface area contributed by atoms with Crippen LogP contribution in [-0.2, 0) is 0 Å². The van der Waals surface area contributed by atoms with Crippen molar-refractivity contribution >= 4 is 33.0 Å². The average Bonchev–Trinajstić information content (AvgIpc) is 2.73. The molecule has 0 amide bonds. The number of hydrogen-bond donors (Lipinski definition) is 0. The summed E-state index contributed by atoms with van der Waals surface area (Å²) in [6.07, 6.45) is 7.84. The minimum absolute atomic E-state index is 0.663. The van der Waals surface area contributed by atoms with Gasteiger partial charge in [-0.05, 0) is 30.3 Å². The lowest BCUT2D eigenvalue weighted by atomic mass is 10.2. The van der Waals surface area contributed by atoms with E-state index in [4.69, 9.17) is 0 Å². The largest absolute Gasteiger partial charge is 0.270 e. The maximum atomic E-state index is 4.22. The lowest BCUT2D eigenvalue weighted by Crippen LogP contribution is -2.29. The van der Waals surface area contributed by atoms with Crippen molar-refractivity contribution < 1.29 is 0 Å². The van der Waals surface area contributed by atoms with Gasteiger partial charge in [-0.3, -0.25) is 14.7 Å². The Morgan fingerprint density at radius 2 is 2.19 bits per heavy atom. The van der Waals surface area contributed by atoms with E-state index in [-0.39, 0.29) is 0 Å². The van der Waals surface area contributed by atoms with Gasteiger partial charge in [0.2, 0.25) is 0 Å². The Balaban J connectivity index is 2.10. The van der Waals surface area contributed by atoms with Gasteiger partial charge in [-0.1, -0.05) is 15.9 Å². The molecular formula is C12H10BrN3. The molecule has 0 radical (unpaired) electrons. The fraction of sp³-hybridized carbons (Fsp3) is 0.0833. The average molecular weight is 276 g/mol. The number of halogens is 1. The molecule has 0 atom stereocenters. The van der Waals surface area contributed by atoms with Crippen molar-refractivity contribution in [1.29, 1.82) is 0 Å². The molecule has 0 fully saturated rings.